The third-order valence-corrected chi connectivity index (χ3v) is 6.29. The lowest BCUT2D eigenvalue weighted by Crippen LogP contribution is -2.42. The lowest BCUT2D eigenvalue weighted by atomic mass is 9.94. The quantitative estimate of drug-likeness (QED) is 0.884. The molecule has 1 amide bonds. The van der Waals surface area contributed by atoms with Crippen molar-refractivity contribution in [3.8, 4) is 0 Å². The summed E-state index contributed by atoms with van der Waals surface area (Å²) in [6.45, 7) is 6.92. The maximum absolute atomic E-state index is 12.9. The van der Waals surface area contributed by atoms with E-state index >= 15 is 0 Å². The van der Waals surface area contributed by atoms with E-state index < -0.39 is 15.9 Å². The normalized spacial score (nSPS) is 21.5. The first kappa shape index (κ1) is 18.6. The van der Waals surface area contributed by atoms with E-state index in [1.807, 2.05) is 0 Å². The first-order valence-electron chi connectivity index (χ1n) is 8.60. The Labute approximate surface area is 153 Å². The molecule has 0 bridgehead atoms. The number of nitrogens with one attached hydrogen (secondary N) is 1. The van der Waals surface area contributed by atoms with E-state index in [-0.39, 0.29) is 10.6 Å². The predicted octanol–water partition coefficient (Wildman–Crippen LogP) is 2.90. The van der Waals surface area contributed by atoms with Gasteiger partial charge in [0.1, 0.15) is 5.76 Å². The van der Waals surface area contributed by atoms with Crippen molar-refractivity contribution in [1.29, 1.82) is 0 Å². The molecule has 7 nitrogen and oxygen atoms in total. The van der Waals surface area contributed by atoms with E-state index in [4.69, 9.17) is 4.52 Å². The molecule has 1 saturated heterocycles. The summed E-state index contributed by atoms with van der Waals surface area (Å²) in [5.41, 5.74) is 0.672. The summed E-state index contributed by atoms with van der Waals surface area (Å²) in [5.74, 6) is 0.828. The number of anilines is 1. The van der Waals surface area contributed by atoms with E-state index in [0.717, 1.165) is 6.42 Å². The van der Waals surface area contributed by atoms with Crippen molar-refractivity contribution in [2.45, 2.75) is 32.1 Å². The minimum atomic E-state index is -3.53. The van der Waals surface area contributed by atoms with E-state index in [2.05, 4.69) is 24.3 Å². The molecule has 1 aliphatic heterocycles. The summed E-state index contributed by atoms with van der Waals surface area (Å²) < 4.78 is 32.1. The molecule has 0 aliphatic carbocycles. The van der Waals surface area contributed by atoms with Gasteiger partial charge in [0.15, 0.2) is 5.69 Å². The topological polar surface area (TPSA) is 92.5 Å². The number of aromatic nitrogens is 1. The largest absolute Gasteiger partial charge is 0.361 e. The molecule has 0 saturated carbocycles. The van der Waals surface area contributed by atoms with Crippen molar-refractivity contribution in [2.24, 2.45) is 11.8 Å². The van der Waals surface area contributed by atoms with Crippen LogP contribution in [0, 0.1) is 18.8 Å². The summed E-state index contributed by atoms with van der Waals surface area (Å²) in [7, 11) is -3.53. The van der Waals surface area contributed by atoms with Gasteiger partial charge in [0.05, 0.1) is 4.90 Å². The number of sulfonamides is 1. The second-order valence-electron chi connectivity index (χ2n) is 7.07. The number of benzene rings is 1. The number of piperidine rings is 1. The van der Waals surface area contributed by atoms with Crippen LogP contribution in [-0.2, 0) is 10.0 Å². The van der Waals surface area contributed by atoms with Gasteiger partial charge in [-0.15, -0.1) is 0 Å². The Kier molecular flexibility index (Phi) is 5.15. The molecular formula is C18H23N3O4S. The number of hydrogen-bond acceptors (Lipinski definition) is 5. The Bertz CT molecular complexity index is 879. The van der Waals surface area contributed by atoms with Gasteiger partial charge >= 0.3 is 0 Å². The molecule has 1 aromatic carbocycles. The molecule has 0 radical (unpaired) electrons. The fraction of sp³-hybridized carbons (Fsp3) is 0.444. The van der Waals surface area contributed by atoms with Crippen LogP contribution in [0.2, 0.25) is 0 Å². The highest BCUT2D eigenvalue weighted by molar-refractivity contribution is 7.89. The summed E-state index contributed by atoms with van der Waals surface area (Å²) in [4.78, 5) is 12.3. The van der Waals surface area contributed by atoms with Gasteiger partial charge in [-0.05, 0) is 49.4 Å². The summed E-state index contributed by atoms with van der Waals surface area (Å²) in [6, 6.07) is 7.72. The third kappa shape index (κ3) is 3.96. The molecule has 0 unspecified atom stereocenters. The third-order valence-electron chi connectivity index (χ3n) is 4.45. The minimum Gasteiger partial charge on any atom is -0.361 e. The maximum atomic E-state index is 12.9. The van der Waals surface area contributed by atoms with Gasteiger partial charge in [-0.2, -0.15) is 4.31 Å². The van der Waals surface area contributed by atoms with Gasteiger partial charge < -0.3 is 9.84 Å². The Morgan fingerprint density at radius 3 is 2.35 bits per heavy atom. The van der Waals surface area contributed by atoms with Gasteiger partial charge in [-0.25, -0.2) is 8.42 Å². The molecule has 1 aromatic heterocycles. The summed E-state index contributed by atoms with van der Waals surface area (Å²) in [5, 5.41) is 6.33. The smallest absolute Gasteiger partial charge is 0.277 e. The van der Waals surface area contributed by atoms with E-state index in [0.29, 0.717) is 36.4 Å². The molecule has 2 aromatic rings. The lowest BCUT2D eigenvalue weighted by molar-refractivity contribution is 0.101. The van der Waals surface area contributed by atoms with Crippen LogP contribution in [0.4, 0.5) is 5.69 Å². The average Bonchev–Trinajstić information content (AvgIpc) is 3.01. The maximum Gasteiger partial charge on any atom is 0.277 e. The van der Waals surface area contributed by atoms with Gasteiger partial charge in [-0.3, -0.25) is 4.79 Å². The second-order valence-corrected chi connectivity index (χ2v) is 9.01. The Balaban J connectivity index is 1.73. The van der Waals surface area contributed by atoms with Crippen molar-refractivity contribution >= 4 is 21.6 Å². The van der Waals surface area contributed by atoms with Crippen LogP contribution < -0.4 is 5.32 Å². The number of carbonyl (C=O) groups excluding carboxylic acids is 1. The van der Waals surface area contributed by atoms with Gasteiger partial charge in [0.2, 0.25) is 10.0 Å². The van der Waals surface area contributed by atoms with Crippen molar-refractivity contribution in [3.05, 3.63) is 41.8 Å². The van der Waals surface area contributed by atoms with Crippen LogP contribution in [0.5, 0.6) is 0 Å². The number of hydrogen-bond donors (Lipinski definition) is 1. The Hall–Kier alpha value is -2.19. The van der Waals surface area contributed by atoms with Crippen molar-refractivity contribution in [2.75, 3.05) is 18.4 Å². The number of aryl methyl sites for hydroxylation is 1. The average molecular weight is 377 g/mol. The van der Waals surface area contributed by atoms with Gasteiger partial charge in [-0.1, -0.05) is 19.0 Å². The highest BCUT2D eigenvalue weighted by Crippen LogP contribution is 2.27. The predicted molar refractivity (Wildman–Crippen MR) is 97.3 cm³/mol. The standard InChI is InChI=1S/C18H23N3O4S/c1-12-8-13(2)11-21(10-12)26(23,24)16-6-4-15(5-7-16)19-18(22)17-9-14(3)25-20-17/h4-7,9,12-13H,8,10-11H2,1-3H3,(H,19,22)/t12-,13-/m0/s1. The van der Waals surface area contributed by atoms with Crippen molar-refractivity contribution < 1.29 is 17.7 Å². The van der Waals surface area contributed by atoms with Crippen molar-refractivity contribution in [1.82, 2.24) is 9.46 Å². The van der Waals surface area contributed by atoms with E-state index in [1.165, 1.54) is 18.2 Å². The minimum absolute atomic E-state index is 0.176. The highest BCUT2D eigenvalue weighted by atomic mass is 32.2. The molecule has 0 spiro atoms. The lowest BCUT2D eigenvalue weighted by Gasteiger charge is -2.34. The first-order chi connectivity index (χ1) is 12.3. The van der Waals surface area contributed by atoms with E-state index in [1.54, 1.807) is 23.4 Å². The fourth-order valence-electron chi connectivity index (χ4n) is 3.33. The molecule has 1 aliphatic rings. The number of amides is 1. The van der Waals surface area contributed by atoms with Gasteiger partial charge in [0, 0.05) is 24.8 Å². The molecule has 26 heavy (non-hydrogen) atoms. The molecule has 2 atom stereocenters. The van der Waals surface area contributed by atoms with Crippen molar-refractivity contribution in [3.63, 3.8) is 0 Å². The molecule has 3 rings (SSSR count). The molecule has 8 heteroatoms. The number of nitrogens with zero attached hydrogens (tertiary/aromatic N) is 2. The number of carbonyl (C=O) groups is 1. The van der Waals surface area contributed by atoms with Crippen LogP contribution >= 0.6 is 0 Å². The fourth-order valence-corrected chi connectivity index (χ4v) is 5.01. The molecule has 2 heterocycles. The highest BCUT2D eigenvalue weighted by Gasteiger charge is 2.31. The Morgan fingerprint density at radius 1 is 1.19 bits per heavy atom. The monoisotopic (exact) mass is 377 g/mol. The van der Waals surface area contributed by atoms with Crippen LogP contribution in [0.25, 0.3) is 0 Å². The SMILES string of the molecule is Cc1cc(C(=O)Nc2ccc(S(=O)(=O)N3C[C@@H](C)C[C@H](C)C3)cc2)no1. The molecule has 1 fully saturated rings. The molecular weight excluding hydrogens is 354 g/mol. The zero-order chi connectivity index (χ0) is 18.9. The van der Waals surface area contributed by atoms with Crippen LogP contribution in [-0.4, -0.2) is 36.9 Å². The number of rotatable bonds is 4. The molecule has 140 valence electrons. The molecule has 1 N–H and O–H groups in total. The zero-order valence-corrected chi connectivity index (χ0v) is 15.9. The van der Waals surface area contributed by atoms with Crippen LogP contribution in [0.1, 0.15) is 36.5 Å². The van der Waals surface area contributed by atoms with Crippen LogP contribution in [0.3, 0.4) is 0 Å². The summed E-state index contributed by atoms with van der Waals surface area (Å²) in [6.07, 6.45) is 1.04. The first-order valence-corrected chi connectivity index (χ1v) is 10.0. The second kappa shape index (κ2) is 7.20. The Morgan fingerprint density at radius 2 is 1.81 bits per heavy atom. The zero-order valence-electron chi connectivity index (χ0n) is 15.1. The van der Waals surface area contributed by atoms with Gasteiger partial charge in [0.25, 0.3) is 5.91 Å². The van der Waals surface area contributed by atoms with E-state index in [9.17, 15) is 13.2 Å². The van der Waals surface area contributed by atoms with Crippen LogP contribution in [0.15, 0.2) is 39.8 Å². The summed E-state index contributed by atoms with van der Waals surface area (Å²) >= 11 is 0.